The molecule has 2 fully saturated rings. The zero-order valence-electron chi connectivity index (χ0n) is 15.2. The van der Waals surface area contributed by atoms with E-state index in [1.807, 2.05) is 6.07 Å². The number of aromatic nitrogens is 1. The SMILES string of the molecule is O=C(Nc1ccc2c(ccn2CCN2CCOCC2)c1)C1CCNCC1. The molecule has 3 heterocycles. The average molecular weight is 356 g/mol. The Labute approximate surface area is 154 Å². The number of nitrogens with zero attached hydrogens (tertiary/aromatic N) is 2. The lowest BCUT2D eigenvalue weighted by atomic mass is 9.97. The molecule has 26 heavy (non-hydrogen) atoms. The third-order valence-corrected chi connectivity index (χ3v) is 5.51. The maximum atomic E-state index is 12.4. The number of anilines is 1. The van der Waals surface area contributed by atoms with Crippen LogP contribution in [0.15, 0.2) is 30.5 Å². The number of benzene rings is 1. The van der Waals surface area contributed by atoms with Crippen LogP contribution < -0.4 is 10.6 Å². The number of carbonyl (C=O) groups is 1. The molecule has 6 heteroatoms. The molecule has 0 bridgehead atoms. The molecule has 6 nitrogen and oxygen atoms in total. The Bertz CT molecular complexity index is 745. The van der Waals surface area contributed by atoms with Crippen molar-refractivity contribution in [1.29, 1.82) is 0 Å². The topological polar surface area (TPSA) is 58.5 Å². The second-order valence-corrected chi connectivity index (χ2v) is 7.25. The lowest BCUT2D eigenvalue weighted by Crippen LogP contribution is -2.38. The Hall–Kier alpha value is -1.89. The predicted molar refractivity (Wildman–Crippen MR) is 103 cm³/mol. The number of ether oxygens (including phenoxy) is 1. The van der Waals surface area contributed by atoms with E-state index in [2.05, 4.69) is 44.5 Å². The Balaban J connectivity index is 1.39. The first-order valence-electron chi connectivity index (χ1n) is 9.70. The number of fused-ring (bicyclic) bond motifs is 1. The van der Waals surface area contributed by atoms with Gasteiger partial charge in [-0.05, 0) is 50.2 Å². The van der Waals surface area contributed by atoms with Crippen molar-refractivity contribution in [2.75, 3.05) is 51.3 Å². The Kier molecular flexibility index (Phi) is 5.53. The van der Waals surface area contributed by atoms with E-state index in [1.165, 1.54) is 10.9 Å². The van der Waals surface area contributed by atoms with Crippen LogP contribution in [0.1, 0.15) is 12.8 Å². The number of piperidine rings is 1. The number of carbonyl (C=O) groups excluding carboxylic acids is 1. The lowest BCUT2D eigenvalue weighted by Gasteiger charge is -2.26. The quantitative estimate of drug-likeness (QED) is 0.859. The summed E-state index contributed by atoms with van der Waals surface area (Å²) in [7, 11) is 0. The van der Waals surface area contributed by atoms with Gasteiger partial charge in [0.15, 0.2) is 0 Å². The fourth-order valence-electron chi connectivity index (χ4n) is 3.88. The molecule has 0 spiro atoms. The van der Waals surface area contributed by atoms with E-state index >= 15 is 0 Å². The molecule has 1 amide bonds. The maximum absolute atomic E-state index is 12.4. The fraction of sp³-hybridized carbons (Fsp3) is 0.550. The summed E-state index contributed by atoms with van der Waals surface area (Å²) in [5.74, 6) is 0.280. The van der Waals surface area contributed by atoms with E-state index in [-0.39, 0.29) is 11.8 Å². The molecule has 2 aliphatic heterocycles. The van der Waals surface area contributed by atoms with Crippen LogP contribution in [-0.2, 0) is 16.1 Å². The molecule has 0 saturated carbocycles. The van der Waals surface area contributed by atoms with Crippen molar-refractivity contribution in [3.05, 3.63) is 30.5 Å². The smallest absolute Gasteiger partial charge is 0.227 e. The molecule has 0 atom stereocenters. The van der Waals surface area contributed by atoms with Crippen molar-refractivity contribution in [3.63, 3.8) is 0 Å². The van der Waals surface area contributed by atoms with Crippen LogP contribution >= 0.6 is 0 Å². The molecule has 0 aliphatic carbocycles. The Morgan fingerprint density at radius 3 is 2.77 bits per heavy atom. The molecule has 2 saturated heterocycles. The van der Waals surface area contributed by atoms with Crippen molar-refractivity contribution < 1.29 is 9.53 Å². The number of morpholine rings is 1. The highest BCUT2D eigenvalue weighted by Crippen LogP contribution is 2.22. The van der Waals surface area contributed by atoms with Crippen LogP contribution in [0.4, 0.5) is 5.69 Å². The molecular formula is C20H28N4O2. The van der Waals surface area contributed by atoms with Gasteiger partial charge in [0.1, 0.15) is 0 Å². The first kappa shape index (κ1) is 17.5. The summed E-state index contributed by atoms with van der Waals surface area (Å²) in [6.07, 6.45) is 3.99. The third kappa shape index (κ3) is 4.09. The minimum atomic E-state index is 0.130. The zero-order valence-corrected chi connectivity index (χ0v) is 15.2. The summed E-state index contributed by atoms with van der Waals surface area (Å²) in [6.45, 7) is 7.61. The highest BCUT2D eigenvalue weighted by Gasteiger charge is 2.21. The van der Waals surface area contributed by atoms with E-state index in [0.29, 0.717) is 0 Å². The summed E-state index contributed by atoms with van der Waals surface area (Å²) in [5, 5.41) is 7.58. The fourth-order valence-corrected chi connectivity index (χ4v) is 3.88. The summed E-state index contributed by atoms with van der Waals surface area (Å²) in [4.78, 5) is 14.9. The highest BCUT2D eigenvalue weighted by molar-refractivity contribution is 5.95. The third-order valence-electron chi connectivity index (χ3n) is 5.51. The van der Waals surface area contributed by atoms with Crippen molar-refractivity contribution in [2.45, 2.75) is 19.4 Å². The van der Waals surface area contributed by atoms with E-state index in [1.54, 1.807) is 0 Å². The number of amides is 1. The van der Waals surface area contributed by atoms with Gasteiger partial charge in [-0.2, -0.15) is 0 Å². The first-order valence-corrected chi connectivity index (χ1v) is 9.70. The largest absolute Gasteiger partial charge is 0.379 e. The average Bonchev–Trinajstić information content (AvgIpc) is 3.10. The van der Waals surface area contributed by atoms with Gasteiger partial charge in [-0.15, -0.1) is 0 Å². The monoisotopic (exact) mass is 356 g/mol. The number of hydrogen-bond acceptors (Lipinski definition) is 4. The lowest BCUT2D eigenvalue weighted by molar-refractivity contribution is -0.120. The molecule has 2 N–H and O–H groups in total. The van der Waals surface area contributed by atoms with Gasteiger partial charge in [0.2, 0.25) is 5.91 Å². The first-order chi connectivity index (χ1) is 12.8. The molecular weight excluding hydrogens is 328 g/mol. The van der Waals surface area contributed by atoms with Gasteiger partial charge in [-0.1, -0.05) is 0 Å². The van der Waals surface area contributed by atoms with E-state index < -0.39 is 0 Å². The second-order valence-electron chi connectivity index (χ2n) is 7.25. The van der Waals surface area contributed by atoms with Crippen LogP contribution in [0.3, 0.4) is 0 Å². The normalized spacial score (nSPS) is 19.7. The van der Waals surface area contributed by atoms with E-state index in [4.69, 9.17) is 4.74 Å². The van der Waals surface area contributed by atoms with E-state index in [9.17, 15) is 4.79 Å². The van der Waals surface area contributed by atoms with Crippen LogP contribution in [0.2, 0.25) is 0 Å². The van der Waals surface area contributed by atoms with Gasteiger partial charge in [-0.25, -0.2) is 0 Å². The molecule has 2 aliphatic rings. The molecule has 2 aromatic rings. The Morgan fingerprint density at radius 2 is 1.96 bits per heavy atom. The standard InChI is InChI=1S/C20H28N4O2/c25-20(16-3-6-21-7-4-16)22-18-1-2-19-17(15-18)5-8-24(19)10-9-23-11-13-26-14-12-23/h1-2,5,8,15-16,21H,3-4,6-7,9-14H2,(H,22,25). The maximum Gasteiger partial charge on any atom is 0.227 e. The van der Waals surface area contributed by atoms with Crippen LogP contribution in [0, 0.1) is 5.92 Å². The highest BCUT2D eigenvalue weighted by atomic mass is 16.5. The summed E-state index contributed by atoms with van der Waals surface area (Å²) in [6, 6.07) is 8.35. The van der Waals surface area contributed by atoms with Crippen LogP contribution in [-0.4, -0.2) is 61.3 Å². The van der Waals surface area contributed by atoms with E-state index in [0.717, 1.165) is 71.0 Å². The summed E-state index contributed by atoms with van der Waals surface area (Å²) < 4.78 is 7.70. The zero-order chi connectivity index (χ0) is 17.8. The van der Waals surface area contributed by atoms with Gasteiger partial charge < -0.3 is 19.9 Å². The van der Waals surface area contributed by atoms with Gasteiger partial charge >= 0.3 is 0 Å². The second kappa shape index (κ2) is 8.20. The summed E-state index contributed by atoms with van der Waals surface area (Å²) >= 11 is 0. The van der Waals surface area contributed by atoms with Gasteiger partial charge in [0.05, 0.1) is 13.2 Å². The molecule has 4 rings (SSSR count). The van der Waals surface area contributed by atoms with Gasteiger partial charge in [0.25, 0.3) is 0 Å². The molecule has 140 valence electrons. The number of nitrogens with one attached hydrogen (secondary N) is 2. The Morgan fingerprint density at radius 1 is 1.15 bits per heavy atom. The molecule has 1 aromatic carbocycles. The van der Waals surface area contributed by atoms with Crippen molar-refractivity contribution >= 4 is 22.5 Å². The predicted octanol–water partition coefficient (Wildman–Crippen LogP) is 1.91. The van der Waals surface area contributed by atoms with Crippen molar-refractivity contribution in [1.82, 2.24) is 14.8 Å². The summed E-state index contributed by atoms with van der Waals surface area (Å²) in [5.41, 5.74) is 2.12. The van der Waals surface area contributed by atoms with Crippen LogP contribution in [0.5, 0.6) is 0 Å². The molecule has 1 aromatic heterocycles. The number of hydrogen-bond donors (Lipinski definition) is 2. The van der Waals surface area contributed by atoms with Gasteiger partial charge in [-0.3, -0.25) is 9.69 Å². The minimum absolute atomic E-state index is 0.130. The minimum Gasteiger partial charge on any atom is -0.379 e. The van der Waals surface area contributed by atoms with Crippen LogP contribution in [0.25, 0.3) is 10.9 Å². The molecule has 0 radical (unpaired) electrons. The van der Waals surface area contributed by atoms with Crippen molar-refractivity contribution in [3.8, 4) is 0 Å². The molecule has 0 unspecified atom stereocenters. The van der Waals surface area contributed by atoms with Crippen molar-refractivity contribution in [2.24, 2.45) is 5.92 Å². The van der Waals surface area contributed by atoms with Gasteiger partial charge in [0, 0.05) is 54.9 Å². The number of rotatable bonds is 5.